The molecular formula is C11H20O4. The van der Waals surface area contributed by atoms with Crippen molar-refractivity contribution in [3.63, 3.8) is 0 Å². The van der Waals surface area contributed by atoms with Crippen molar-refractivity contribution in [2.24, 2.45) is 5.92 Å². The Morgan fingerprint density at radius 1 is 1.47 bits per heavy atom. The fourth-order valence-corrected chi connectivity index (χ4v) is 1.17. The van der Waals surface area contributed by atoms with E-state index in [9.17, 15) is 9.59 Å². The van der Waals surface area contributed by atoms with Gasteiger partial charge < -0.3 is 14.6 Å². The van der Waals surface area contributed by atoms with E-state index < -0.39 is 18.2 Å². The van der Waals surface area contributed by atoms with Gasteiger partial charge in [0, 0.05) is 6.42 Å². The predicted octanol–water partition coefficient (Wildman–Crippen LogP) is 1.30. The minimum Gasteiger partial charge on any atom is -0.460 e. The molecule has 0 radical (unpaired) electrons. The van der Waals surface area contributed by atoms with Gasteiger partial charge in [-0.05, 0) is 20.3 Å². The van der Waals surface area contributed by atoms with Gasteiger partial charge in [-0.3, -0.25) is 4.79 Å². The second kappa shape index (κ2) is 7.40. The standard InChI is InChI=1S/C11H20O4/c1-4-5-10(6-7-12)11(14)15-9(3)8(2)13/h7-10,13H,4-6H2,1-3H3. The van der Waals surface area contributed by atoms with E-state index in [1.165, 1.54) is 0 Å². The van der Waals surface area contributed by atoms with E-state index in [0.29, 0.717) is 6.42 Å². The van der Waals surface area contributed by atoms with Gasteiger partial charge in [0.2, 0.25) is 0 Å². The van der Waals surface area contributed by atoms with Crippen LogP contribution in [-0.2, 0) is 14.3 Å². The first-order valence-corrected chi connectivity index (χ1v) is 5.35. The van der Waals surface area contributed by atoms with Gasteiger partial charge in [0.25, 0.3) is 0 Å². The van der Waals surface area contributed by atoms with Gasteiger partial charge in [-0.15, -0.1) is 0 Å². The van der Waals surface area contributed by atoms with Gasteiger partial charge >= 0.3 is 5.97 Å². The fourth-order valence-electron chi connectivity index (χ4n) is 1.17. The third-order valence-electron chi connectivity index (χ3n) is 2.33. The van der Waals surface area contributed by atoms with E-state index in [1.54, 1.807) is 13.8 Å². The summed E-state index contributed by atoms with van der Waals surface area (Å²) in [5.74, 6) is -0.758. The predicted molar refractivity (Wildman–Crippen MR) is 56.3 cm³/mol. The van der Waals surface area contributed by atoms with Gasteiger partial charge in [0.1, 0.15) is 12.4 Å². The van der Waals surface area contributed by atoms with Crippen molar-refractivity contribution in [1.29, 1.82) is 0 Å². The number of ether oxygens (including phenoxy) is 1. The Morgan fingerprint density at radius 2 is 2.07 bits per heavy atom. The number of hydrogen-bond acceptors (Lipinski definition) is 4. The number of aldehydes is 1. The van der Waals surface area contributed by atoms with Crippen LogP contribution >= 0.6 is 0 Å². The molecule has 0 amide bonds. The van der Waals surface area contributed by atoms with E-state index in [0.717, 1.165) is 12.7 Å². The minimum atomic E-state index is -0.688. The van der Waals surface area contributed by atoms with E-state index in [4.69, 9.17) is 9.84 Å². The molecule has 1 N–H and O–H groups in total. The van der Waals surface area contributed by atoms with Gasteiger partial charge in [-0.2, -0.15) is 0 Å². The zero-order chi connectivity index (χ0) is 11.8. The lowest BCUT2D eigenvalue weighted by Gasteiger charge is -2.19. The zero-order valence-corrected chi connectivity index (χ0v) is 9.60. The Hall–Kier alpha value is -0.900. The molecule has 0 fully saturated rings. The summed E-state index contributed by atoms with van der Waals surface area (Å²) in [6.45, 7) is 5.14. The molecule has 4 heteroatoms. The van der Waals surface area contributed by atoms with Crippen LogP contribution in [0.15, 0.2) is 0 Å². The second-order valence-corrected chi connectivity index (χ2v) is 3.77. The summed E-state index contributed by atoms with van der Waals surface area (Å²) in [7, 11) is 0. The smallest absolute Gasteiger partial charge is 0.309 e. The summed E-state index contributed by atoms with van der Waals surface area (Å²) in [6.07, 6.45) is 1.19. The summed E-state index contributed by atoms with van der Waals surface area (Å²) < 4.78 is 5.03. The molecule has 0 aliphatic carbocycles. The Bertz CT molecular complexity index is 201. The van der Waals surface area contributed by atoms with Crippen LogP contribution in [0.1, 0.15) is 40.0 Å². The highest BCUT2D eigenvalue weighted by Gasteiger charge is 2.22. The summed E-state index contributed by atoms with van der Waals surface area (Å²) in [6, 6.07) is 0. The van der Waals surface area contributed by atoms with Crippen LogP contribution in [0.25, 0.3) is 0 Å². The molecule has 0 saturated heterocycles. The summed E-state index contributed by atoms with van der Waals surface area (Å²) in [5.41, 5.74) is 0. The molecule has 0 aromatic heterocycles. The van der Waals surface area contributed by atoms with Crippen molar-refractivity contribution in [3.05, 3.63) is 0 Å². The van der Waals surface area contributed by atoms with Crippen molar-refractivity contribution >= 4 is 12.3 Å². The van der Waals surface area contributed by atoms with Gasteiger partial charge in [-0.1, -0.05) is 13.3 Å². The Labute approximate surface area is 90.6 Å². The fraction of sp³-hybridized carbons (Fsp3) is 0.818. The maximum atomic E-state index is 11.5. The van der Waals surface area contributed by atoms with Crippen LogP contribution in [0.3, 0.4) is 0 Å². The molecule has 0 spiro atoms. The zero-order valence-electron chi connectivity index (χ0n) is 9.60. The molecule has 0 aliphatic heterocycles. The molecule has 0 saturated carbocycles. The average molecular weight is 216 g/mol. The lowest BCUT2D eigenvalue weighted by molar-refractivity contribution is -0.159. The van der Waals surface area contributed by atoms with Crippen molar-refractivity contribution in [3.8, 4) is 0 Å². The molecule has 3 atom stereocenters. The number of rotatable bonds is 7. The third-order valence-corrected chi connectivity index (χ3v) is 2.33. The molecule has 0 heterocycles. The molecule has 0 aromatic carbocycles. The van der Waals surface area contributed by atoms with Crippen LogP contribution in [0.2, 0.25) is 0 Å². The van der Waals surface area contributed by atoms with Crippen LogP contribution < -0.4 is 0 Å². The Morgan fingerprint density at radius 3 is 2.47 bits per heavy atom. The van der Waals surface area contributed by atoms with Crippen molar-refractivity contribution in [2.45, 2.75) is 52.2 Å². The normalized spacial score (nSPS) is 16.5. The molecule has 15 heavy (non-hydrogen) atoms. The largest absolute Gasteiger partial charge is 0.460 e. The number of aliphatic hydroxyl groups is 1. The average Bonchev–Trinajstić information content (AvgIpc) is 2.17. The lowest BCUT2D eigenvalue weighted by atomic mass is 10.0. The monoisotopic (exact) mass is 216 g/mol. The maximum absolute atomic E-state index is 11.5. The molecule has 0 aromatic rings. The second-order valence-electron chi connectivity index (χ2n) is 3.77. The summed E-state index contributed by atoms with van der Waals surface area (Å²) >= 11 is 0. The third kappa shape index (κ3) is 5.52. The number of carbonyl (C=O) groups excluding carboxylic acids is 2. The first-order valence-electron chi connectivity index (χ1n) is 5.35. The number of hydrogen-bond donors (Lipinski definition) is 1. The van der Waals surface area contributed by atoms with Crippen LogP contribution in [0.4, 0.5) is 0 Å². The highest BCUT2D eigenvalue weighted by Crippen LogP contribution is 2.13. The van der Waals surface area contributed by atoms with Crippen LogP contribution in [0.5, 0.6) is 0 Å². The lowest BCUT2D eigenvalue weighted by Crippen LogP contribution is -2.29. The molecular weight excluding hydrogens is 196 g/mol. The maximum Gasteiger partial charge on any atom is 0.309 e. The minimum absolute atomic E-state index is 0.194. The molecule has 0 bridgehead atoms. The molecule has 3 unspecified atom stereocenters. The van der Waals surface area contributed by atoms with Gasteiger partial charge in [0.05, 0.1) is 12.0 Å². The number of esters is 1. The van der Waals surface area contributed by atoms with Crippen molar-refractivity contribution in [2.75, 3.05) is 0 Å². The highest BCUT2D eigenvalue weighted by atomic mass is 16.6. The summed E-state index contributed by atoms with van der Waals surface area (Å²) in [4.78, 5) is 21.9. The Balaban J connectivity index is 4.18. The molecule has 0 aliphatic rings. The highest BCUT2D eigenvalue weighted by molar-refractivity contribution is 5.75. The molecule has 88 valence electrons. The number of aliphatic hydroxyl groups excluding tert-OH is 1. The topological polar surface area (TPSA) is 63.6 Å². The van der Waals surface area contributed by atoms with Crippen LogP contribution in [0, 0.1) is 5.92 Å². The van der Waals surface area contributed by atoms with Gasteiger partial charge in [0.15, 0.2) is 0 Å². The first-order chi connectivity index (χ1) is 7.02. The van der Waals surface area contributed by atoms with E-state index in [2.05, 4.69) is 0 Å². The van der Waals surface area contributed by atoms with Crippen molar-refractivity contribution in [1.82, 2.24) is 0 Å². The van der Waals surface area contributed by atoms with E-state index in [-0.39, 0.29) is 12.3 Å². The quantitative estimate of drug-likeness (QED) is 0.514. The van der Waals surface area contributed by atoms with E-state index in [1.807, 2.05) is 6.92 Å². The van der Waals surface area contributed by atoms with E-state index >= 15 is 0 Å². The first kappa shape index (κ1) is 14.1. The molecule has 0 rings (SSSR count). The van der Waals surface area contributed by atoms with Crippen LogP contribution in [-0.4, -0.2) is 29.6 Å². The number of carbonyl (C=O) groups is 2. The van der Waals surface area contributed by atoms with Gasteiger partial charge in [-0.25, -0.2) is 0 Å². The SMILES string of the molecule is CCCC(CC=O)C(=O)OC(C)C(C)O. The van der Waals surface area contributed by atoms with Crippen molar-refractivity contribution < 1.29 is 19.4 Å². The summed E-state index contributed by atoms with van der Waals surface area (Å²) in [5, 5.41) is 9.16. The molecule has 4 nitrogen and oxygen atoms in total. The Kier molecular flexibility index (Phi) is 6.96.